The fourth-order valence-corrected chi connectivity index (χ4v) is 0.640. The van der Waals surface area contributed by atoms with Crippen molar-refractivity contribution in [2.24, 2.45) is 0 Å². The molecule has 3 nitrogen and oxygen atoms in total. The number of rotatable bonds is 2. The van der Waals surface area contributed by atoms with Crippen LogP contribution in [0, 0.1) is 0 Å². The summed E-state index contributed by atoms with van der Waals surface area (Å²) in [5, 5.41) is 0. The fraction of sp³-hybridized carbons (Fsp3) is 0.286. The summed E-state index contributed by atoms with van der Waals surface area (Å²) < 4.78 is 0. The van der Waals surface area contributed by atoms with Crippen molar-refractivity contribution in [2.45, 2.75) is 12.8 Å². The van der Waals surface area contributed by atoms with E-state index in [-0.39, 0.29) is 5.92 Å². The van der Waals surface area contributed by atoms with Gasteiger partial charge in [-0.15, -0.1) is 0 Å². The third kappa shape index (κ3) is 1.37. The summed E-state index contributed by atoms with van der Waals surface area (Å²) >= 11 is 0. The first-order valence-electron chi connectivity index (χ1n) is 3.06. The lowest BCUT2D eigenvalue weighted by atomic mass is 10.1. The molecule has 1 atom stereocenters. The van der Waals surface area contributed by atoms with Gasteiger partial charge < -0.3 is 4.79 Å². The van der Waals surface area contributed by atoms with E-state index in [4.69, 9.17) is 0 Å². The average Bonchev–Trinajstić information content (AvgIpc) is 2.05. The zero-order valence-electron chi connectivity index (χ0n) is 5.69. The number of aromatic nitrogens is 2. The number of nitrogens with zero attached hydrogens (tertiary/aromatic N) is 2. The lowest BCUT2D eigenvalue weighted by molar-refractivity contribution is -0.108. The van der Waals surface area contributed by atoms with Gasteiger partial charge in [0.2, 0.25) is 0 Å². The first kappa shape index (κ1) is 6.86. The van der Waals surface area contributed by atoms with Gasteiger partial charge in [0.1, 0.15) is 12.6 Å². The average molecular weight is 136 g/mol. The zero-order chi connectivity index (χ0) is 7.40. The fourth-order valence-electron chi connectivity index (χ4n) is 0.640. The summed E-state index contributed by atoms with van der Waals surface area (Å²) in [6.45, 7) is 1.80. The Labute approximate surface area is 59.1 Å². The van der Waals surface area contributed by atoms with Crippen LogP contribution >= 0.6 is 0 Å². The van der Waals surface area contributed by atoms with Crippen molar-refractivity contribution in [1.29, 1.82) is 0 Å². The highest BCUT2D eigenvalue weighted by molar-refractivity contribution is 5.59. The Kier molecular flexibility index (Phi) is 2.10. The Morgan fingerprint density at radius 2 is 2.50 bits per heavy atom. The number of carbonyl (C=O) groups is 1. The highest BCUT2D eigenvalue weighted by Crippen LogP contribution is 2.05. The summed E-state index contributed by atoms with van der Waals surface area (Å²) in [5.41, 5.74) is 0.769. The van der Waals surface area contributed by atoms with E-state index in [1.165, 1.54) is 6.33 Å². The quantitative estimate of drug-likeness (QED) is 0.564. The molecule has 0 aliphatic rings. The van der Waals surface area contributed by atoms with Crippen molar-refractivity contribution in [3.8, 4) is 0 Å². The topological polar surface area (TPSA) is 42.9 Å². The second-order valence-electron chi connectivity index (χ2n) is 2.06. The third-order valence-electron chi connectivity index (χ3n) is 1.28. The van der Waals surface area contributed by atoms with E-state index in [0.29, 0.717) is 0 Å². The van der Waals surface area contributed by atoms with E-state index in [1.807, 2.05) is 0 Å². The van der Waals surface area contributed by atoms with Gasteiger partial charge in [-0.1, -0.05) is 6.92 Å². The van der Waals surface area contributed by atoms with Gasteiger partial charge in [0.05, 0.1) is 11.6 Å². The van der Waals surface area contributed by atoms with Crippen LogP contribution in [-0.4, -0.2) is 16.3 Å². The minimum atomic E-state index is -0.122. The summed E-state index contributed by atoms with van der Waals surface area (Å²) in [4.78, 5) is 17.9. The number of carbonyl (C=O) groups excluding carboxylic acids is 1. The monoisotopic (exact) mass is 136 g/mol. The van der Waals surface area contributed by atoms with E-state index < -0.39 is 0 Å². The van der Waals surface area contributed by atoms with Gasteiger partial charge in [0.15, 0.2) is 0 Å². The number of hydrogen-bond donors (Lipinski definition) is 0. The maximum Gasteiger partial charge on any atom is 0.128 e. The summed E-state index contributed by atoms with van der Waals surface area (Å²) in [6.07, 6.45) is 3.93. The first-order chi connectivity index (χ1) is 4.84. The van der Waals surface area contributed by atoms with E-state index >= 15 is 0 Å². The van der Waals surface area contributed by atoms with Crippen LogP contribution < -0.4 is 0 Å². The molecule has 1 heterocycles. The van der Waals surface area contributed by atoms with Gasteiger partial charge in [-0.2, -0.15) is 0 Å². The Morgan fingerprint density at radius 1 is 1.70 bits per heavy atom. The molecule has 1 aromatic rings. The lowest BCUT2D eigenvalue weighted by Crippen LogP contribution is -1.97. The van der Waals surface area contributed by atoms with E-state index in [0.717, 1.165) is 12.0 Å². The largest absolute Gasteiger partial charge is 0.303 e. The van der Waals surface area contributed by atoms with Crippen molar-refractivity contribution in [3.05, 3.63) is 24.3 Å². The molecule has 0 fully saturated rings. The predicted molar refractivity (Wildman–Crippen MR) is 36.5 cm³/mol. The predicted octanol–water partition coefficient (Wildman–Crippen LogP) is 0.779. The van der Waals surface area contributed by atoms with E-state index in [9.17, 15) is 4.79 Å². The van der Waals surface area contributed by atoms with Gasteiger partial charge >= 0.3 is 0 Å². The Morgan fingerprint density at radius 3 is 3.00 bits per heavy atom. The smallest absolute Gasteiger partial charge is 0.128 e. The molecule has 10 heavy (non-hydrogen) atoms. The minimum absolute atomic E-state index is 0.122. The Bertz CT molecular complexity index is 210. The summed E-state index contributed by atoms with van der Waals surface area (Å²) in [5.74, 6) is -0.122. The first-order valence-corrected chi connectivity index (χ1v) is 3.06. The third-order valence-corrected chi connectivity index (χ3v) is 1.28. The maximum atomic E-state index is 10.2. The number of hydrogen-bond acceptors (Lipinski definition) is 3. The molecule has 0 amide bonds. The summed E-state index contributed by atoms with van der Waals surface area (Å²) in [6, 6.07) is 1.74. The molecule has 52 valence electrons. The summed E-state index contributed by atoms with van der Waals surface area (Å²) in [7, 11) is 0. The van der Waals surface area contributed by atoms with Crippen LogP contribution in [0.3, 0.4) is 0 Å². The zero-order valence-corrected chi connectivity index (χ0v) is 5.69. The molecule has 0 saturated heterocycles. The molecule has 0 radical (unpaired) electrons. The molecule has 1 rings (SSSR count). The van der Waals surface area contributed by atoms with Crippen LogP contribution in [0.25, 0.3) is 0 Å². The van der Waals surface area contributed by atoms with Gasteiger partial charge in [0, 0.05) is 6.20 Å². The highest BCUT2D eigenvalue weighted by Gasteiger charge is 2.02. The molecular weight excluding hydrogens is 128 g/mol. The Hall–Kier alpha value is -1.25. The molecule has 0 saturated carbocycles. The van der Waals surface area contributed by atoms with Crippen molar-refractivity contribution < 1.29 is 4.79 Å². The minimum Gasteiger partial charge on any atom is -0.303 e. The van der Waals surface area contributed by atoms with Crippen LogP contribution in [0.1, 0.15) is 18.5 Å². The lowest BCUT2D eigenvalue weighted by Gasteiger charge is -1.98. The van der Waals surface area contributed by atoms with Crippen LogP contribution in [0.15, 0.2) is 18.6 Å². The number of aldehydes is 1. The molecule has 0 spiro atoms. The Balaban J connectivity index is 2.84. The van der Waals surface area contributed by atoms with Crippen molar-refractivity contribution in [1.82, 2.24) is 9.97 Å². The molecular formula is C7H8N2O. The van der Waals surface area contributed by atoms with Gasteiger partial charge in [-0.3, -0.25) is 0 Å². The van der Waals surface area contributed by atoms with Crippen LogP contribution in [0.2, 0.25) is 0 Å². The van der Waals surface area contributed by atoms with Crippen LogP contribution in [0.5, 0.6) is 0 Å². The molecule has 0 aliphatic heterocycles. The second kappa shape index (κ2) is 3.06. The molecule has 1 unspecified atom stereocenters. The molecule has 0 bridgehead atoms. The molecule has 0 N–H and O–H groups in total. The van der Waals surface area contributed by atoms with Gasteiger partial charge in [-0.05, 0) is 6.07 Å². The van der Waals surface area contributed by atoms with Crippen LogP contribution in [-0.2, 0) is 4.79 Å². The van der Waals surface area contributed by atoms with Crippen molar-refractivity contribution in [3.63, 3.8) is 0 Å². The van der Waals surface area contributed by atoms with Gasteiger partial charge in [0.25, 0.3) is 0 Å². The van der Waals surface area contributed by atoms with E-state index in [2.05, 4.69) is 9.97 Å². The SMILES string of the molecule is CC(C=O)c1ccncn1. The second-order valence-corrected chi connectivity index (χ2v) is 2.06. The molecule has 3 heteroatoms. The molecule has 0 aliphatic carbocycles. The maximum absolute atomic E-state index is 10.2. The normalized spacial score (nSPS) is 12.5. The molecule has 1 aromatic heterocycles. The van der Waals surface area contributed by atoms with Crippen molar-refractivity contribution in [2.75, 3.05) is 0 Å². The molecule has 0 aromatic carbocycles. The van der Waals surface area contributed by atoms with Gasteiger partial charge in [-0.25, -0.2) is 9.97 Å². The standard InChI is InChI=1S/C7H8N2O/c1-6(4-10)7-2-3-8-5-9-7/h2-6H,1H3. The van der Waals surface area contributed by atoms with Crippen LogP contribution in [0.4, 0.5) is 0 Å². The highest BCUT2D eigenvalue weighted by atomic mass is 16.1. The van der Waals surface area contributed by atoms with Crippen molar-refractivity contribution >= 4 is 6.29 Å². The van der Waals surface area contributed by atoms with E-state index in [1.54, 1.807) is 19.2 Å².